The van der Waals surface area contributed by atoms with Gasteiger partial charge in [0.2, 0.25) is 9.84 Å². The summed E-state index contributed by atoms with van der Waals surface area (Å²) in [4.78, 5) is 21.1. The van der Waals surface area contributed by atoms with Crippen molar-refractivity contribution in [3.05, 3.63) is 83.6 Å². The van der Waals surface area contributed by atoms with Crippen LogP contribution in [0.15, 0.2) is 82.8 Å². The molecule has 8 heteroatoms. The summed E-state index contributed by atoms with van der Waals surface area (Å²) in [5, 5.41) is 3.17. The summed E-state index contributed by atoms with van der Waals surface area (Å²) < 4.78 is 26.0. The van der Waals surface area contributed by atoms with Crippen LogP contribution in [0.4, 0.5) is 0 Å². The van der Waals surface area contributed by atoms with E-state index in [0.29, 0.717) is 5.01 Å². The zero-order chi connectivity index (χ0) is 19.6. The first kappa shape index (κ1) is 18.3. The molecule has 2 aromatic heterocycles. The van der Waals surface area contributed by atoms with Gasteiger partial charge in [-0.2, -0.15) is 0 Å². The van der Waals surface area contributed by atoms with Crippen molar-refractivity contribution in [2.75, 3.05) is 0 Å². The van der Waals surface area contributed by atoms with E-state index in [4.69, 9.17) is 0 Å². The fourth-order valence-electron chi connectivity index (χ4n) is 2.66. The van der Waals surface area contributed by atoms with Gasteiger partial charge in [-0.1, -0.05) is 30.3 Å². The van der Waals surface area contributed by atoms with Crippen molar-refractivity contribution < 1.29 is 13.2 Å². The van der Waals surface area contributed by atoms with Gasteiger partial charge in [-0.05, 0) is 35.9 Å². The van der Waals surface area contributed by atoms with Crippen LogP contribution in [0.3, 0.4) is 0 Å². The molecule has 140 valence electrons. The fourth-order valence-corrected chi connectivity index (χ4v) is 4.79. The molecule has 0 aliphatic rings. The van der Waals surface area contributed by atoms with Crippen LogP contribution < -0.4 is 5.32 Å². The monoisotopic (exact) mass is 409 g/mol. The van der Waals surface area contributed by atoms with Crippen LogP contribution in [0.25, 0.3) is 10.2 Å². The highest BCUT2D eigenvalue weighted by Gasteiger charge is 2.17. The molecule has 0 fully saturated rings. The first-order valence-corrected chi connectivity index (χ1v) is 10.7. The van der Waals surface area contributed by atoms with Crippen molar-refractivity contribution >= 4 is 37.3 Å². The Morgan fingerprint density at radius 3 is 2.39 bits per heavy atom. The first-order valence-electron chi connectivity index (χ1n) is 8.42. The number of thiazole rings is 1. The third-order valence-electron chi connectivity index (χ3n) is 4.13. The molecule has 28 heavy (non-hydrogen) atoms. The molecule has 1 N–H and O–H groups in total. The van der Waals surface area contributed by atoms with E-state index in [9.17, 15) is 13.2 Å². The second-order valence-corrected chi connectivity index (χ2v) is 8.99. The van der Waals surface area contributed by atoms with Gasteiger partial charge in [0.15, 0.2) is 5.01 Å². The quantitative estimate of drug-likeness (QED) is 0.545. The Labute approximate surface area is 165 Å². The maximum Gasteiger partial charge on any atom is 0.280 e. The molecular formula is C20H15N3O3S2. The lowest BCUT2D eigenvalue weighted by molar-refractivity contribution is 0.0950. The molecule has 0 bridgehead atoms. The number of nitrogens with zero attached hydrogens (tertiary/aromatic N) is 2. The number of nitrogens with one attached hydrogen (secondary N) is 1. The number of pyridine rings is 1. The molecule has 2 heterocycles. The van der Waals surface area contributed by atoms with Crippen LogP contribution in [-0.4, -0.2) is 24.3 Å². The molecule has 1 amide bonds. The van der Waals surface area contributed by atoms with Gasteiger partial charge in [-0.15, -0.1) is 11.3 Å². The summed E-state index contributed by atoms with van der Waals surface area (Å²) in [5.41, 5.74) is 1.53. The minimum atomic E-state index is -3.55. The van der Waals surface area contributed by atoms with Crippen molar-refractivity contribution in [3.8, 4) is 0 Å². The number of carbonyl (C=O) groups is 1. The number of rotatable bonds is 5. The second kappa shape index (κ2) is 7.49. The van der Waals surface area contributed by atoms with Gasteiger partial charge in [0.05, 0.1) is 20.0 Å². The fraction of sp³-hybridized carbons (Fsp3) is 0.0500. The van der Waals surface area contributed by atoms with Crippen LogP contribution in [0.5, 0.6) is 0 Å². The first-order chi connectivity index (χ1) is 13.5. The van der Waals surface area contributed by atoms with Gasteiger partial charge in [0, 0.05) is 18.9 Å². The largest absolute Gasteiger partial charge is 0.346 e. The Morgan fingerprint density at radius 1 is 0.964 bits per heavy atom. The number of carbonyl (C=O) groups excluding carboxylic acids is 1. The highest BCUT2D eigenvalue weighted by molar-refractivity contribution is 7.91. The van der Waals surface area contributed by atoms with Crippen LogP contribution in [0, 0.1) is 0 Å². The maximum absolute atomic E-state index is 12.6. The molecule has 4 aromatic rings. The SMILES string of the molecule is O=C(NCc1ccc(S(=O)(=O)c2ccccc2)cc1)c1nc2ccncc2s1. The summed E-state index contributed by atoms with van der Waals surface area (Å²) >= 11 is 1.28. The predicted octanol–water partition coefficient (Wildman–Crippen LogP) is 3.45. The third-order valence-corrected chi connectivity index (χ3v) is 6.92. The highest BCUT2D eigenvalue weighted by Crippen LogP contribution is 2.22. The summed E-state index contributed by atoms with van der Waals surface area (Å²) in [5.74, 6) is -0.276. The van der Waals surface area contributed by atoms with E-state index in [1.165, 1.54) is 11.3 Å². The summed E-state index contributed by atoms with van der Waals surface area (Å²) in [6, 6.07) is 16.5. The van der Waals surface area contributed by atoms with Gasteiger partial charge < -0.3 is 5.32 Å². The zero-order valence-corrected chi connectivity index (χ0v) is 16.2. The molecule has 0 aliphatic heterocycles. The number of amides is 1. The number of hydrogen-bond donors (Lipinski definition) is 1. The van der Waals surface area contributed by atoms with Crippen LogP contribution in [0.1, 0.15) is 15.4 Å². The zero-order valence-electron chi connectivity index (χ0n) is 14.6. The van der Waals surface area contributed by atoms with E-state index in [-0.39, 0.29) is 22.2 Å². The van der Waals surface area contributed by atoms with E-state index in [0.717, 1.165) is 15.8 Å². The molecule has 2 aromatic carbocycles. The highest BCUT2D eigenvalue weighted by atomic mass is 32.2. The van der Waals surface area contributed by atoms with E-state index >= 15 is 0 Å². The van der Waals surface area contributed by atoms with Gasteiger partial charge in [-0.25, -0.2) is 13.4 Å². The second-order valence-electron chi connectivity index (χ2n) is 6.01. The number of fused-ring (bicyclic) bond motifs is 1. The Morgan fingerprint density at radius 2 is 1.68 bits per heavy atom. The van der Waals surface area contributed by atoms with E-state index in [2.05, 4.69) is 15.3 Å². The number of aromatic nitrogens is 2. The van der Waals surface area contributed by atoms with Crippen molar-refractivity contribution in [2.45, 2.75) is 16.3 Å². The number of benzene rings is 2. The van der Waals surface area contributed by atoms with Crippen molar-refractivity contribution in [2.24, 2.45) is 0 Å². The minimum absolute atomic E-state index is 0.215. The molecule has 0 aliphatic carbocycles. The minimum Gasteiger partial charge on any atom is -0.346 e. The van der Waals surface area contributed by atoms with Crippen molar-refractivity contribution in [1.29, 1.82) is 0 Å². The molecule has 0 spiro atoms. The van der Waals surface area contributed by atoms with E-state index < -0.39 is 9.84 Å². The molecule has 0 saturated heterocycles. The summed E-state index contributed by atoms with van der Waals surface area (Å²) in [6.07, 6.45) is 3.31. The molecule has 4 rings (SSSR count). The molecule has 0 radical (unpaired) electrons. The molecular weight excluding hydrogens is 394 g/mol. The Hall–Kier alpha value is -3.10. The maximum atomic E-state index is 12.6. The van der Waals surface area contributed by atoms with Crippen LogP contribution in [0.2, 0.25) is 0 Å². The third kappa shape index (κ3) is 3.64. The number of sulfone groups is 1. The van der Waals surface area contributed by atoms with Crippen LogP contribution in [-0.2, 0) is 16.4 Å². The topological polar surface area (TPSA) is 89.0 Å². The molecule has 0 atom stereocenters. The van der Waals surface area contributed by atoms with Crippen molar-refractivity contribution in [3.63, 3.8) is 0 Å². The molecule has 0 saturated carbocycles. The summed E-state index contributed by atoms with van der Waals surface area (Å²) in [6.45, 7) is 0.276. The van der Waals surface area contributed by atoms with E-state index in [1.807, 2.05) is 0 Å². The lowest BCUT2D eigenvalue weighted by Crippen LogP contribution is -2.22. The Balaban J connectivity index is 1.45. The standard InChI is InChI=1S/C20H15N3O3S2/c24-19(20-23-17-10-11-21-13-18(17)27-20)22-12-14-6-8-16(9-7-14)28(25,26)15-4-2-1-3-5-15/h1-11,13H,12H2,(H,22,24). The average Bonchev–Trinajstić information content (AvgIpc) is 3.17. The smallest absolute Gasteiger partial charge is 0.280 e. The van der Waals surface area contributed by atoms with Crippen molar-refractivity contribution in [1.82, 2.24) is 15.3 Å². The number of hydrogen-bond acceptors (Lipinski definition) is 6. The van der Waals surface area contributed by atoms with Crippen LogP contribution >= 0.6 is 11.3 Å². The van der Waals surface area contributed by atoms with E-state index in [1.54, 1.807) is 73.1 Å². The van der Waals surface area contributed by atoms with Gasteiger partial charge in [-0.3, -0.25) is 9.78 Å². The Kier molecular flexibility index (Phi) is 4.89. The van der Waals surface area contributed by atoms with Gasteiger partial charge >= 0.3 is 0 Å². The lowest BCUT2D eigenvalue weighted by atomic mass is 10.2. The van der Waals surface area contributed by atoms with Gasteiger partial charge in [0.25, 0.3) is 5.91 Å². The van der Waals surface area contributed by atoms with Gasteiger partial charge in [0.1, 0.15) is 0 Å². The summed E-state index contributed by atoms with van der Waals surface area (Å²) in [7, 11) is -3.55. The predicted molar refractivity (Wildman–Crippen MR) is 107 cm³/mol. The molecule has 6 nitrogen and oxygen atoms in total. The average molecular weight is 409 g/mol. The lowest BCUT2D eigenvalue weighted by Gasteiger charge is -2.07. The molecule has 0 unspecified atom stereocenters. The Bertz CT molecular complexity index is 1200. The normalized spacial score (nSPS) is 11.4.